The zero-order chi connectivity index (χ0) is 47.1. The van der Waals surface area contributed by atoms with E-state index in [2.05, 4.69) is 53.4 Å². The van der Waals surface area contributed by atoms with Crippen LogP contribution in [0.4, 0.5) is 0 Å². The van der Waals surface area contributed by atoms with E-state index >= 15 is 0 Å². The molecule has 6 aliphatic rings. The topological polar surface area (TPSA) is 142 Å². The number of aliphatic imine (C=N–C) groups is 3. The van der Waals surface area contributed by atoms with E-state index in [9.17, 15) is 19.5 Å². The van der Waals surface area contributed by atoms with Crippen LogP contribution in [0.5, 0.6) is 0 Å². The quantitative estimate of drug-likeness (QED) is 0.0421. The van der Waals surface area contributed by atoms with E-state index in [1.54, 1.807) is 6.08 Å². The number of methoxy groups -OCH3 is 1. The number of allylic oxidation sites excluding steroid dienone is 12. The number of hydrogen-bond acceptors (Lipinski definition) is 10. The molecule has 1 N–H and O–H groups in total. The molecule has 1 aliphatic carbocycles. The fourth-order valence-corrected chi connectivity index (χ4v) is 10.1. The summed E-state index contributed by atoms with van der Waals surface area (Å²) in [6.45, 7) is 23.6. The van der Waals surface area contributed by atoms with Crippen molar-refractivity contribution >= 4 is 57.9 Å². The molecule has 0 unspecified atom stereocenters. The summed E-state index contributed by atoms with van der Waals surface area (Å²) in [4.78, 5) is 56.4. The predicted molar refractivity (Wildman–Crippen MR) is 265 cm³/mol. The summed E-state index contributed by atoms with van der Waals surface area (Å²) in [5, 5.41) is 16.2. The molecule has 0 amide bonds. The van der Waals surface area contributed by atoms with Gasteiger partial charge < -0.3 is 19.9 Å². The Kier molecular flexibility index (Phi) is 18.6. The van der Waals surface area contributed by atoms with Crippen LogP contribution in [-0.2, 0) is 23.9 Å². The SMILES string of the molecule is C=CC1=C(C)C2=NC1=CC1=NC(=C(CC)/C1=C/[O-])C=C1N=C3C(=C1C)C(=O)[C@H](C(=O)OC)C3=C1NC(=C2)[C@@H](C)[C@@H]1CCC(=O)OC/C=C(\C)CCC[C@H](C)CCC[C@H](C)CCCC(C)C.[Mg+2]. The molecule has 10 nitrogen and oxygen atoms in total. The number of ketones is 1. The number of hydrogen-bond donors (Lipinski definition) is 1. The van der Waals surface area contributed by atoms with Crippen LogP contribution in [0.3, 0.4) is 0 Å². The third-order valence-corrected chi connectivity index (χ3v) is 14.2. The van der Waals surface area contributed by atoms with E-state index in [1.165, 1.54) is 57.6 Å². The van der Waals surface area contributed by atoms with Crippen molar-refractivity contribution in [2.45, 2.75) is 139 Å². The van der Waals surface area contributed by atoms with Gasteiger partial charge in [-0.15, -0.1) is 6.26 Å². The van der Waals surface area contributed by atoms with Crippen LogP contribution in [0.15, 0.2) is 131 Å². The molecule has 0 aromatic rings. The molecule has 6 rings (SSSR count). The Morgan fingerprint density at radius 1 is 0.909 bits per heavy atom. The monoisotopic (exact) mass is 908 g/mol. The minimum Gasteiger partial charge on any atom is -0.877 e. The molecule has 0 aromatic carbocycles. The average molecular weight is 908 g/mol. The molecule has 8 bridgehead atoms. The second-order valence-corrected chi connectivity index (χ2v) is 19.4. The van der Waals surface area contributed by atoms with Crippen LogP contribution in [0.25, 0.3) is 0 Å². The van der Waals surface area contributed by atoms with E-state index in [0.717, 1.165) is 53.4 Å². The molecule has 66 heavy (non-hydrogen) atoms. The number of nitrogens with zero attached hydrogens (tertiary/aromatic N) is 3. The molecule has 1 saturated heterocycles. The van der Waals surface area contributed by atoms with Crippen molar-refractivity contribution in [2.24, 2.45) is 50.5 Å². The van der Waals surface area contributed by atoms with Gasteiger partial charge in [0.1, 0.15) is 12.5 Å². The van der Waals surface area contributed by atoms with Crippen molar-refractivity contribution in [3.63, 3.8) is 0 Å². The number of nitrogens with one attached hydrogen (secondary N) is 1. The Morgan fingerprint density at radius 3 is 2.23 bits per heavy atom. The van der Waals surface area contributed by atoms with Crippen LogP contribution in [-0.4, -0.2) is 71.6 Å². The Bertz CT molecular complexity index is 2360. The van der Waals surface area contributed by atoms with E-state index in [1.807, 2.05) is 45.1 Å². The van der Waals surface area contributed by atoms with Crippen molar-refractivity contribution < 1.29 is 29.0 Å². The van der Waals surface area contributed by atoms with Gasteiger partial charge in [0.2, 0.25) is 0 Å². The number of carbonyl (C=O) groups is 3. The van der Waals surface area contributed by atoms with Crippen LogP contribution in [0, 0.1) is 35.5 Å². The van der Waals surface area contributed by atoms with Crippen LogP contribution in [0.2, 0.25) is 0 Å². The van der Waals surface area contributed by atoms with E-state index in [-0.39, 0.29) is 59.7 Å². The van der Waals surface area contributed by atoms with Crippen molar-refractivity contribution in [3.8, 4) is 0 Å². The molecule has 2 fully saturated rings. The fraction of sp³-hybridized carbons (Fsp3) is 0.527. The first-order chi connectivity index (χ1) is 31.1. The standard InChI is InChI=1S/C55H72N4O6.Mg/c1-12-38-35(8)42-27-43-36(9)40(23-24-48(61)65-26-25-34(7)22-16-21-33(6)20-15-19-32(5)18-14-17-31(3)4)52(58-43)50-51(55(63)64-11)54(62)49-37(10)44(59-53(49)50)28-46-39(13-2)41(30-60)47(57-46)29-45(38)56-42;/h12,25,27-33,36,40,51,58,60H,1,13-24,26H2,2-11H3;/q;+2/p-1/b34-25+,41-30-,43-27?,44-28?,45-29?,52-50?;/t32-,33-,36+,40+,51-;/m1./s1. The van der Waals surface area contributed by atoms with Gasteiger partial charge in [0.05, 0.1) is 41.3 Å². The summed E-state index contributed by atoms with van der Waals surface area (Å²) in [5.41, 5.74) is 10.4. The molecule has 348 valence electrons. The van der Waals surface area contributed by atoms with Gasteiger partial charge in [-0.2, -0.15) is 0 Å². The zero-order valence-electron chi connectivity index (χ0n) is 41.3. The number of Topliss-reactive ketones (excluding diaryl/α,β-unsaturated/α-hetero) is 1. The second kappa shape index (κ2) is 23.4. The maximum Gasteiger partial charge on any atom is 2.00 e. The maximum atomic E-state index is 14.4. The number of rotatable bonds is 20. The molecule has 11 heteroatoms. The van der Waals surface area contributed by atoms with Gasteiger partial charge in [-0.3, -0.25) is 14.4 Å². The van der Waals surface area contributed by atoms with Gasteiger partial charge >= 0.3 is 35.0 Å². The maximum absolute atomic E-state index is 14.4. The fourth-order valence-electron chi connectivity index (χ4n) is 10.1. The molecule has 5 aliphatic heterocycles. The number of esters is 2. The Morgan fingerprint density at radius 2 is 1.59 bits per heavy atom. The van der Waals surface area contributed by atoms with Gasteiger partial charge in [0, 0.05) is 46.4 Å². The first kappa shape index (κ1) is 52.4. The first-order valence-corrected chi connectivity index (χ1v) is 24.1. The second-order valence-electron chi connectivity index (χ2n) is 19.4. The number of fused-ring (bicyclic) bond motifs is 5. The molecule has 0 aromatic heterocycles. The summed E-state index contributed by atoms with van der Waals surface area (Å²) >= 11 is 0. The molecule has 1 saturated carbocycles. The van der Waals surface area contributed by atoms with Crippen LogP contribution < -0.4 is 10.4 Å². The van der Waals surface area contributed by atoms with Gasteiger partial charge in [-0.25, -0.2) is 15.0 Å². The average Bonchev–Trinajstić information content (AvgIpc) is 4.02. The Labute approximate surface area is 410 Å². The Hall–Kier alpha value is -4.61. The largest absolute Gasteiger partial charge is 2.00 e. The van der Waals surface area contributed by atoms with Gasteiger partial charge in [-0.1, -0.05) is 105 Å². The van der Waals surface area contributed by atoms with E-state index in [0.29, 0.717) is 81.0 Å². The third-order valence-electron chi connectivity index (χ3n) is 14.2. The number of carbonyl (C=O) groups excluding carboxylic acids is 3. The van der Waals surface area contributed by atoms with E-state index in [4.69, 9.17) is 24.5 Å². The predicted octanol–water partition coefficient (Wildman–Crippen LogP) is 10.6. The van der Waals surface area contributed by atoms with Crippen molar-refractivity contribution in [3.05, 3.63) is 116 Å². The normalized spacial score (nSPS) is 22.8. The summed E-state index contributed by atoms with van der Waals surface area (Å²) in [6.07, 6.45) is 22.5. The smallest absolute Gasteiger partial charge is 0.877 e. The molecule has 0 radical (unpaired) electrons. The molecular formula is C55H71MgN4O6+. The zero-order valence-corrected chi connectivity index (χ0v) is 42.7. The van der Waals surface area contributed by atoms with Crippen molar-refractivity contribution in [1.82, 2.24) is 5.32 Å². The van der Waals surface area contributed by atoms with Crippen LogP contribution in [0.1, 0.15) is 139 Å². The third kappa shape index (κ3) is 11.6. The first-order valence-electron chi connectivity index (χ1n) is 24.1. The molecular weight excluding hydrogens is 837 g/mol. The summed E-state index contributed by atoms with van der Waals surface area (Å²) in [7, 11) is 1.28. The minimum atomic E-state index is -1.24. The molecule has 5 atom stereocenters. The molecule has 5 heterocycles. The Balaban J connectivity index is 0.00000817. The minimum absolute atomic E-state index is 0. The van der Waals surface area contributed by atoms with Crippen molar-refractivity contribution in [2.75, 3.05) is 13.7 Å². The van der Waals surface area contributed by atoms with Crippen LogP contribution >= 0.6 is 0 Å². The molecule has 0 spiro atoms. The van der Waals surface area contributed by atoms with Gasteiger partial charge in [0.25, 0.3) is 0 Å². The summed E-state index contributed by atoms with van der Waals surface area (Å²) < 4.78 is 11.0. The van der Waals surface area contributed by atoms with Gasteiger partial charge in [0.15, 0.2) is 5.78 Å². The summed E-state index contributed by atoms with van der Waals surface area (Å²) in [5.74, 6) is -0.781. The number of ether oxygens (including phenoxy) is 2. The van der Waals surface area contributed by atoms with Gasteiger partial charge in [-0.05, 0) is 111 Å². The van der Waals surface area contributed by atoms with Crippen molar-refractivity contribution in [1.29, 1.82) is 0 Å². The van der Waals surface area contributed by atoms with E-state index < -0.39 is 11.9 Å². The summed E-state index contributed by atoms with van der Waals surface area (Å²) in [6, 6.07) is 0.